The minimum atomic E-state index is -0.0212. The topological polar surface area (TPSA) is 38.3 Å². The van der Waals surface area contributed by atoms with Gasteiger partial charge in [0.05, 0.1) is 6.61 Å². The highest BCUT2D eigenvalue weighted by Crippen LogP contribution is 2.07. The smallest absolute Gasteiger partial charge is 0.305 e. The third kappa shape index (κ3) is 7.37. The monoisotopic (exact) mass is 213 g/mol. The fourth-order valence-corrected chi connectivity index (χ4v) is 1.81. The van der Waals surface area contributed by atoms with Crippen molar-refractivity contribution < 1.29 is 9.53 Å². The first-order chi connectivity index (χ1) is 7.39. The summed E-state index contributed by atoms with van der Waals surface area (Å²) in [5, 5.41) is 3.36. The Hall–Kier alpha value is -0.570. The molecule has 0 aromatic carbocycles. The first-order valence-electron chi connectivity index (χ1n) is 6.26. The molecule has 0 spiro atoms. The Morgan fingerprint density at radius 1 is 0.867 bits per heavy atom. The van der Waals surface area contributed by atoms with Gasteiger partial charge in [0, 0.05) is 6.42 Å². The molecule has 3 nitrogen and oxygen atoms in total. The lowest BCUT2D eigenvalue weighted by Crippen LogP contribution is -2.19. The van der Waals surface area contributed by atoms with Crippen LogP contribution in [0.25, 0.3) is 0 Å². The average Bonchev–Trinajstić information content (AvgIpc) is 2.24. The maximum Gasteiger partial charge on any atom is 0.305 e. The minimum absolute atomic E-state index is 0.0212. The number of carbonyl (C=O) groups excluding carboxylic acids is 1. The van der Waals surface area contributed by atoms with Gasteiger partial charge >= 0.3 is 5.97 Å². The molecule has 0 amide bonds. The van der Waals surface area contributed by atoms with Crippen LogP contribution < -0.4 is 5.32 Å². The molecule has 0 radical (unpaired) electrons. The van der Waals surface area contributed by atoms with E-state index in [9.17, 15) is 4.79 Å². The van der Waals surface area contributed by atoms with Crippen LogP contribution in [0.1, 0.15) is 51.4 Å². The maximum absolute atomic E-state index is 11.2. The molecule has 0 unspecified atom stereocenters. The van der Waals surface area contributed by atoms with Crippen LogP contribution in [0.2, 0.25) is 0 Å². The van der Waals surface area contributed by atoms with Crippen molar-refractivity contribution in [3.05, 3.63) is 0 Å². The summed E-state index contributed by atoms with van der Waals surface area (Å²) >= 11 is 0. The number of hydrogen-bond acceptors (Lipinski definition) is 3. The normalized spacial score (nSPS) is 22.8. The van der Waals surface area contributed by atoms with Gasteiger partial charge in [0.25, 0.3) is 0 Å². The predicted octanol–water partition coefficient (Wildman–Crippen LogP) is 2.25. The highest BCUT2D eigenvalue weighted by Gasteiger charge is 2.02. The fourth-order valence-electron chi connectivity index (χ4n) is 1.81. The van der Waals surface area contributed by atoms with E-state index in [0.29, 0.717) is 13.0 Å². The van der Waals surface area contributed by atoms with Crippen molar-refractivity contribution in [2.75, 3.05) is 19.7 Å². The molecule has 1 heterocycles. The lowest BCUT2D eigenvalue weighted by atomic mass is 10.1. The quantitative estimate of drug-likeness (QED) is 0.627. The third-order valence-electron chi connectivity index (χ3n) is 2.75. The van der Waals surface area contributed by atoms with Gasteiger partial charge in [-0.15, -0.1) is 0 Å². The number of cyclic esters (lactones) is 1. The lowest BCUT2D eigenvalue weighted by molar-refractivity contribution is -0.143. The highest BCUT2D eigenvalue weighted by atomic mass is 16.5. The van der Waals surface area contributed by atoms with E-state index in [1.54, 1.807) is 0 Å². The molecule has 0 aromatic heterocycles. The number of ether oxygens (including phenoxy) is 1. The predicted molar refractivity (Wildman–Crippen MR) is 60.8 cm³/mol. The van der Waals surface area contributed by atoms with Crippen LogP contribution in [-0.4, -0.2) is 25.7 Å². The number of hydrogen-bond donors (Lipinski definition) is 1. The van der Waals surface area contributed by atoms with Crippen LogP contribution >= 0.6 is 0 Å². The van der Waals surface area contributed by atoms with E-state index in [2.05, 4.69) is 5.32 Å². The highest BCUT2D eigenvalue weighted by molar-refractivity contribution is 5.69. The van der Waals surface area contributed by atoms with E-state index in [1.807, 2.05) is 0 Å². The van der Waals surface area contributed by atoms with Crippen molar-refractivity contribution in [1.29, 1.82) is 0 Å². The number of esters is 1. The summed E-state index contributed by atoms with van der Waals surface area (Å²) in [6.45, 7) is 2.65. The van der Waals surface area contributed by atoms with Gasteiger partial charge in [-0.2, -0.15) is 0 Å². The lowest BCUT2D eigenvalue weighted by Gasteiger charge is -2.08. The second kappa shape index (κ2) is 8.72. The van der Waals surface area contributed by atoms with E-state index in [0.717, 1.165) is 25.9 Å². The Kier molecular flexibility index (Phi) is 7.26. The van der Waals surface area contributed by atoms with Crippen molar-refractivity contribution in [3.63, 3.8) is 0 Å². The summed E-state index contributed by atoms with van der Waals surface area (Å²) in [6.07, 6.45) is 8.86. The second-order valence-electron chi connectivity index (χ2n) is 4.20. The molecule has 1 saturated heterocycles. The van der Waals surface area contributed by atoms with Crippen LogP contribution in [0, 0.1) is 0 Å². The van der Waals surface area contributed by atoms with Crippen LogP contribution in [0.3, 0.4) is 0 Å². The minimum Gasteiger partial charge on any atom is -0.466 e. The summed E-state index contributed by atoms with van der Waals surface area (Å²) in [5.41, 5.74) is 0. The molecule has 0 aromatic rings. The van der Waals surface area contributed by atoms with Gasteiger partial charge in [-0.3, -0.25) is 4.79 Å². The molecule has 15 heavy (non-hydrogen) atoms. The molecule has 0 aliphatic carbocycles. The molecule has 1 rings (SSSR count). The van der Waals surface area contributed by atoms with Gasteiger partial charge in [0.2, 0.25) is 0 Å². The molecule has 0 saturated carbocycles. The molecule has 3 heteroatoms. The molecule has 0 bridgehead atoms. The molecule has 0 atom stereocenters. The molecular weight excluding hydrogens is 190 g/mol. The van der Waals surface area contributed by atoms with Crippen LogP contribution in [0.5, 0.6) is 0 Å². The van der Waals surface area contributed by atoms with Gasteiger partial charge in [-0.25, -0.2) is 0 Å². The maximum atomic E-state index is 11.2. The van der Waals surface area contributed by atoms with Crippen LogP contribution in [0.4, 0.5) is 0 Å². The molecule has 1 fully saturated rings. The van der Waals surface area contributed by atoms with Crippen molar-refractivity contribution in [2.24, 2.45) is 0 Å². The molecule has 1 N–H and O–H groups in total. The SMILES string of the molecule is O=C1CCCCCCCCNCCCO1. The first kappa shape index (κ1) is 12.5. The van der Waals surface area contributed by atoms with E-state index >= 15 is 0 Å². The van der Waals surface area contributed by atoms with Gasteiger partial charge < -0.3 is 10.1 Å². The Labute approximate surface area is 92.6 Å². The average molecular weight is 213 g/mol. The van der Waals surface area contributed by atoms with Crippen molar-refractivity contribution in [1.82, 2.24) is 5.32 Å². The van der Waals surface area contributed by atoms with Crippen molar-refractivity contribution >= 4 is 5.97 Å². The van der Waals surface area contributed by atoms with Crippen molar-refractivity contribution in [3.8, 4) is 0 Å². The second-order valence-corrected chi connectivity index (χ2v) is 4.20. The van der Waals surface area contributed by atoms with E-state index in [4.69, 9.17) is 4.74 Å². The van der Waals surface area contributed by atoms with Crippen molar-refractivity contribution in [2.45, 2.75) is 51.4 Å². The standard InChI is InChI=1S/C12H23NO2/c14-12-8-5-3-1-2-4-6-9-13-10-7-11-15-12/h13H,1-11H2. The summed E-state index contributed by atoms with van der Waals surface area (Å²) < 4.78 is 5.11. The Morgan fingerprint density at radius 3 is 2.40 bits per heavy atom. The molecule has 1 aliphatic heterocycles. The van der Waals surface area contributed by atoms with Crippen LogP contribution in [0.15, 0.2) is 0 Å². The number of rotatable bonds is 0. The van der Waals surface area contributed by atoms with Gasteiger partial charge in [0.15, 0.2) is 0 Å². The third-order valence-corrected chi connectivity index (χ3v) is 2.75. The van der Waals surface area contributed by atoms with Gasteiger partial charge in [-0.1, -0.05) is 25.7 Å². The van der Waals surface area contributed by atoms with E-state index in [1.165, 1.54) is 32.1 Å². The Bertz CT molecular complexity index is 155. The zero-order valence-corrected chi connectivity index (χ0v) is 9.59. The largest absolute Gasteiger partial charge is 0.466 e. The van der Waals surface area contributed by atoms with Crippen LogP contribution in [-0.2, 0) is 9.53 Å². The fraction of sp³-hybridized carbons (Fsp3) is 0.917. The van der Waals surface area contributed by atoms with Gasteiger partial charge in [-0.05, 0) is 32.4 Å². The number of nitrogens with one attached hydrogen (secondary N) is 1. The summed E-state index contributed by atoms with van der Waals surface area (Å²) in [7, 11) is 0. The summed E-state index contributed by atoms with van der Waals surface area (Å²) in [4.78, 5) is 11.2. The first-order valence-corrected chi connectivity index (χ1v) is 6.26. The Morgan fingerprint density at radius 2 is 1.53 bits per heavy atom. The summed E-state index contributed by atoms with van der Waals surface area (Å²) in [6, 6.07) is 0. The zero-order valence-electron chi connectivity index (χ0n) is 9.59. The number of carbonyl (C=O) groups is 1. The molecule has 1 aliphatic rings. The molecule has 88 valence electrons. The Balaban J connectivity index is 2.13. The van der Waals surface area contributed by atoms with Gasteiger partial charge in [0.1, 0.15) is 0 Å². The van der Waals surface area contributed by atoms with E-state index in [-0.39, 0.29) is 5.97 Å². The molecular formula is C12H23NO2. The zero-order chi connectivity index (χ0) is 10.8. The van der Waals surface area contributed by atoms with E-state index < -0.39 is 0 Å². The summed E-state index contributed by atoms with van der Waals surface area (Å²) in [5.74, 6) is -0.0212.